The number of halogens is 3. The monoisotopic (exact) mass is 428 g/mol. The first-order chi connectivity index (χ1) is 14.2. The van der Waals surface area contributed by atoms with Gasteiger partial charge in [-0.3, -0.25) is 4.79 Å². The molecule has 1 aromatic heterocycles. The molecule has 2 atom stereocenters. The number of alkyl halides is 3. The van der Waals surface area contributed by atoms with Gasteiger partial charge >= 0.3 is 6.18 Å². The molecule has 1 fully saturated rings. The van der Waals surface area contributed by atoms with Crippen LogP contribution in [0.25, 0.3) is 11.0 Å². The van der Waals surface area contributed by atoms with E-state index in [2.05, 4.69) is 5.32 Å². The third-order valence-electron chi connectivity index (χ3n) is 5.72. The highest BCUT2D eigenvalue weighted by molar-refractivity contribution is 6.07. The van der Waals surface area contributed by atoms with Crippen molar-refractivity contribution in [3.8, 4) is 0 Å². The SMILES string of the molecule is O=C1NCCN(CCC2CC(O)(CO)CCO2)c2c1oc1ccc(C(F)(F)F)cc21. The maximum Gasteiger partial charge on any atom is 0.416 e. The van der Waals surface area contributed by atoms with Crippen LogP contribution in [-0.4, -0.2) is 60.7 Å². The van der Waals surface area contributed by atoms with Crippen LogP contribution in [0.2, 0.25) is 0 Å². The number of nitrogens with one attached hydrogen (secondary N) is 1. The number of anilines is 1. The van der Waals surface area contributed by atoms with E-state index in [-0.39, 0.29) is 35.9 Å². The fourth-order valence-electron chi connectivity index (χ4n) is 4.08. The first-order valence-electron chi connectivity index (χ1n) is 9.82. The number of carbonyl (C=O) groups excluding carboxylic acids is 1. The van der Waals surface area contributed by atoms with E-state index in [1.165, 1.54) is 6.07 Å². The van der Waals surface area contributed by atoms with Crippen LogP contribution >= 0.6 is 0 Å². The van der Waals surface area contributed by atoms with Crippen molar-refractivity contribution in [1.29, 1.82) is 0 Å². The molecule has 0 bridgehead atoms. The highest BCUT2D eigenvalue weighted by Gasteiger charge is 2.36. The van der Waals surface area contributed by atoms with Gasteiger partial charge in [0.1, 0.15) is 5.58 Å². The van der Waals surface area contributed by atoms with Crippen molar-refractivity contribution in [2.45, 2.75) is 37.1 Å². The fourth-order valence-corrected chi connectivity index (χ4v) is 4.08. The molecule has 2 aliphatic heterocycles. The summed E-state index contributed by atoms with van der Waals surface area (Å²) in [6.07, 6.45) is -3.73. The predicted octanol–water partition coefficient (Wildman–Crippen LogP) is 2.29. The maximum atomic E-state index is 13.2. The summed E-state index contributed by atoms with van der Waals surface area (Å²) in [6.45, 7) is 1.05. The summed E-state index contributed by atoms with van der Waals surface area (Å²) in [5.74, 6) is -0.487. The summed E-state index contributed by atoms with van der Waals surface area (Å²) in [4.78, 5) is 14.2. The number of nitrogens with zero attached hydrogens (tertiary/aromatic N) is 1. The molecule has 0 aliphatic carbocycles. The zero-order chi connectivity index (χ0) is 21.5. The number of hydrogen-bond donors (Lipinski definition) is 3. The smallest absolute Gasteiger partial charge is 0.416 e. The second-order valence-electron chi connectivity index (χ2n) is 7.85. The Morgan fingerprint density at radius 3 is 2.87 bits per heavy atom. The van der Waals surface area contributed by atoms with E-state index in [4.69, 9.17) is 9.15 Å². The van der Waals surface area contributed by atoms with Crippen molar-refractivity contribution < 1.29 is 37.3 Å². The molecule has 0 spiro atoms. The van der Waals surface area contributed by atoms with E-state index in [9.17, 15) is 28.2 Å². The summed E-state index contributed by atoms with van der Waals surface area (Å²) in [7, 11) is 0. The van der Waals surface area contributed by atoms with Gasteiger partial charge in [-0.15, -0.1) is 0 Å². The molecule has 0 saturated carbocycles. The van der Waals surface area contributed by atoms with Crippen molar-refractivity contribution in [3.63, 3.8) is 0 Å². The Hall–Kier alpha value is -2.30. The van der Waals surface area contributed by atoms with Crippen LogP contribution in [0.3, 0.4) is 0 Å². The Bertz CT molecular complexity index is 944. The Balaban J connectivity index is 1.63. The number of ether oxygens (including phenoxy) is 1. The highest BCUT2D eigenvalue weighted by atomic mass is 19.4. The van der Waals surface area contributed by atoms with Crippen LogP contribution in [0.4, 0.5) is 18.9 Å². The van der Waals surface area contributed by atoms with Crippen LogP contribution in [-0.2, 0) is 10.9 Å². The van der Waals surface area contributed by atoms with Crippen LogP contribution in [0.1, 0.15) is 35.4 Å². The van der Waals surface area contributed by atoms with Gasteiger partial charge < -0.3 is 29.6 Å². The minimum Gasteiger partial charge on any atom is -0.449 e. The van der Waals surface area contributed by atoms with Crippen LogP contribution in [0.5, 0.6) is 0 Å². The molecule has 1 aromatic carbocycles. The molecule has 4 rings (SSSR count). The van der Waals surface area contributed by atoms with Gasteiger partial charge in [0.05, 0.1) is 29.6 Å². The summed E-state index contributed by atoms with van der Waals surface area (Å²) >= 11 is 0. The number of benzene rings is 1. The average molecular weight is 428 g/mol. The van der Waals surface area contributed by atoms with Crippen LogP contribution in [0.15, 0.2) is 22.6 Å². The number of aliphatic hydroxyl groups is 2. The number of furan rings is 1. The normalized spacial score (nSPS) is 25.2. The Kier molecular flexibility index (Phi) is 5.41. The molecule has 1 saturated heterocycles. The lowest BCUT2D eigenvalue weighted by Crippen LogP contribution is -2.44. The largest absolute Gasteiger partial charge is 0.449 e. The summed E-state index contributed by atoms with van der Waals surface area (Å²) in [6, 6.07) is 3.16. The van der Waals surface area contributed by atoms with Crippen molar-refractivity contribution in [1.82, 2.24) is 5.32 Å². The van der Waals surface area contributed by atoms with Crippen molar-refractivity contribution in [3.05, 3.63) is 29.5 Å². The first kappa shape index (κ1) is 21.0. The maximum absolute atomic E-state index is 13.2. The van der Waals surface area contributed by atoms with Crippen molar-refractivity contribution in [2.75, 3.05) is 37.7 Å². The number of fused-ring (bicyclic) bond motifs is 3. The Morgan fingerprint density at radius 1 is 1.33 bits per heavy atom. The molecule has 10 heteroatoms. The van der Waals surface area contributed by atoms with E-state index in [1.807, 2.05) is 4.90 Å². The lowest BCUT2D eigenvalue weighted by atomic mass is 9.90. The summed E-state index contributed by atoms with van der Waals surface area (Å²) in [5.41, 5.74) is -1.46. The minimum atomic E-state index is -4.51. The lowest BCUT2D eigenvalue weighted by Gasteiger charge is -2.36. The molecular formula is C20H23F3N2O5. The van der Waals surface area contributed by atoms with Gasteiger partial charge in [0.2, 0.25) is 5.76 Å². The van der Waals surface area contributed by atoms with Crippen LogP contribution < -0.4 is 10.2 Å². The summed E-state index contributed by atoms with van der Waals surface area (Å²) < 4.78 is 50.9. The standard InChI is InChI=1S/C20H23F3N2O5/c21-20(22,23)12-1-2-15-14(9-12)16-17(30-15)18(27)24-5-7-25(16)6-3-13-10-19(28,11-26)4-8-29-13/h1-2,9,13,26,28H,3-8,10-11H2,(H,24,27). The molecule has 30 heavy (non-hydrogen) atoms. The van der Waals surface area contributed by atoms with E-state index in [1.54, 1.807) is 0 Å². The number of rotatable bonds is 4. The molecule has 1 amide bonds. The average Bonchev–Trinajstić information content (AvgIpc) is 3.01. The zero-order valence-corrected chi connectivity index (χ0v) is 16.2. The molecule has 3 heterocycles. The Labute approximate surface area is 170 Å². The highest BCUT2D eigenvalue weighted by Crippen LogP contribution is 2.39. The molecule has 0 radical (unpaired) electrons. The quantitative estimate of drug-likeness (QED) is 0.692. The van der Waals surface area contributed by atoms with Gasteiger partial charge in [0, 0.05) is 44.5 Å². The van der Waals surface area contributed by atoms with Gasteiger partial charge in [0.15, 0.2) is 0 Å². The van der Waals surface area contributed by atoms with E-state index in [0.29, 0.717) is 44.8 Å². The van der Waals surface area contributed by atoms with Crippen molar-refractivity contribution in [2.24, 2.45) is 0 Å². The van der Waals surface area contributed by atoms with Crippen molar-refractivity contribution >= 4 is 22.6 Å². The molecule has 3 N–H and O–H groups in total. The summed E-state index contributed by atoms with van der Waals surface area (Å²) in [5, 5.41) is 22.6. The van der Waals surface area contributed by atoms with Crippen LogP contribution in [0, 0.1) is 0 Å². The van der Waals surface area contributed by atoms with Gasteiger partial charge in [-0.1, -0.05) is 0 Å². The molecule has 2 unspecified atom stereocenters. The van der Waals surface area contributed by atoms with E-state index in [0.717, 1.165) is 12.1 Å². The second kappa shape index (κ2) is 7.75. The zero-order valence-electron chi connectivity index (χ0n) is 16.2. The molecule has 2 aliphatic rings. The van der Waals surface area contributed by atoms with Gasteiger partial charge in [-0.25, -0.2) is 0 Å². The lowest BCUT2D eigenvalue weighted by molar-refractivity contribution is -0.137. The minimum absolute atomic E-state index is 0.0155. The van der Waals surface area contributed by atoms with Gasteiger partial charge in [-0.05, 0) is 24.6 Å². The third-order valence-corrected chi connectivity index (χ3v) is 5.72. The van der Waals surface area contributed by atoms with E-state index < -0.39 is 23.2 Å². The Morgan fingerprint density at radius 2 is 2.13 bits per heavy atom. The predicted molar refractivity (Wildman–Crippen MR) is 101 cm³/mol. The fraction of sp³-hybridized carbons (Fsp3) is 0.550. The third kappa shape index (κ3) is 3.99. The number of aliphatic hydroxyl groups excluding tert-OH is 1. The first-order valence-corrected chi connectivity index (χ1v) is 9.82. The van der Waals surface area contributed by atoms with Gasteiger partial charge in [-0.2, -0.15) is 13.2 Å². The molecular weight excluding hydrogens is 405 g/mol. The number of hydrogen-bond acceptors (Lipinski definition) is 6. The van der Waals surface area contributed by atoms with Gasteiger partial charge in [0.25, 0.3) is 5.91 Å². The molecule has 7 nitrogen and oxygen atoms in total. The molecule has 164 valence electrons. The molecule has 2 aromatic rings. The second-order valence-corrected chi connectivity index (χ2v) is 7.85. The van der Waals surface area contributed by atoms with E-state index >= 15 is 0 Å². The number of carbonyl (C=O) groups is 1. The topological polar surface area (TPSA) is 95.2 Å². The number of amides is 1.